The van der Waals surface area contributed by atoms with E-state index in [0.717, 1.165) is 11.1 Å². The maximum absolute atomic E-state index is 12.5. The van der Waals surface area contributed by atoms with Gasteiger partial charge in [-0.25, -0.2) is 0 Å². The Kier molecular flexibility index (Phi) is 7.24. The van der Waals surface area contributed by atoms with Crippen molar-refractivity contribution < 1.29 is 9.53 Å². The van der Waals surface area contributed by atoms with Crippen LogP contribution in [0.1, 0.15) is 16.7 Å². The van der Waals surface area contributed by atoms with Crippen LogP contribution < -0.4 is 10.1 Å². The number of carbonyl (C=O) groups excluding carboxylic acids is 1. The molecule has 0 bridgehead atoms. The van der Waals surface area contributed by atoms with Crippen molar-refractivity contribution in [2.45, 2.75) is 13.8 Å². The molecule has 0 radical (unpaired) electrons. The molecule has 1 N–H and O–H groups in total. The van der Waals surface area contributed by atoms with Crippen LogP contribution in [0.5, 0.6) is 5.75 Å². The number of carbonyl (C=O) groups is 1. The van der Waals surface area contributed by atoms with Gasteiger partial charge in [0.25, 0.3) is 5.91 Å². The van der Waals surface area contributed by atoms with E-state index in [2.05, 4.69) is 43.1 Å². The number of hydrogen-bond acceptors (Lipinski definition) is 3. The molecule has 136 valence electrons. The molecule has 0 spiro atoms. The molecular formula is C21H16Br2N2O2. The standard InChI is InChI=1S/C21H16Br2N2O2/c1-4-7-27-20-18(22)10-15(11-19(20)23)9-16(12-24)21(26)25-17-6-5-13(2)14(3)8-17/h1,5-6,8-11H,7H2,2-3H3,(H,25,26)/b16-9+. The van der Waals surface area contributed by atoms with E-state index in [9.17, 15) is 10.1 Å². The van der Waals surface area contributed by atoms with Gasteiger partial charge in [0.05, 0.1) is 8.95 Å². The Hall–Kier alpha value is -2.54. The van der Waals surface area contributed by atoms with E-state index in [1.54, 1.807) is 18.2 Å². The van der Waals surface area contributed by atoms with Gasteiger partial charge in [-0.1, -0.05) is 12.0 Å². The number of terminal acetylenes is 1. The van der Waals surface area contributed by atoms with Crippen LogP contribution in [0.4, 0.5) is 5.69 Å². The molecule has 0 atom stereocenters. The summed E-state index contributed by atoms with van der Waals surface area (Å²) in [6, 6.07) is 11.0. The highest BCUT2D eigenvalue weighted by molar-refractivity contribution is 9.11. The molecule has 0 heterocycles. The van der Waals surface area contributed by atoms with Crippen LogP contribution in [0.3, 0.4) is 0 Å². The van der Waals surface area contributed by atoms with Crippen LogP contribution in [-0.2, 0) is 4.79 Å². The van der Waals surface area contributed by atoms with Gasteiger partial charge in [-0.15, -0.1) is 6.42 Å². The number of rotatable bonds is 5. The summed E-state index contributed by atoms with van der Waals surface area (Å²) in [5.41, 5.74) is 3.49. The molecule has 0 unspecified atom stereocenters. The Morgan fingerprint density at radius 3 is 2.44 bits per heavy atom. The molecule has 0 fully saturated rings. The molecule has 0 aliphatic carbocycles. The highest BCUT2D eigenvalue weighted by atomic mass is 79.9. The van der Waals surface area contributed by atoms with E-state index >= 15 is 0 Å². The van der Waals surface area contributed by atoms with Gasteiger partial charge < -0.3 is 10.1 Å². The number of anilines is 1. The predicted octanol–water partition coefficient (Wildman–Crippen LogP) is 5.39. The monoisotopic (exact) mass is 486 g/mol. The first-order chi connectivity index (χ1) is 12.8. The molecule has 1 amide bonds. The molecule has 0 aromatic heterocycles. The van der Waals surface area contributed by atoms with Gasteiger partial charge in [0.2, 0.25) is 0 Å². The number of nitriles is 1. The third kappa shape index (κ3) is 5.47. The molecule has 0 saturated carbocycles. The summed E-state index contributed by atoms with van der Waals surface area (Å²) in [7, 11) is 0. The fourth-order valence-electron chi connectivity index (χ4n) is 2.25. The van der Waals surface area contributed by atoms with Crippen LogP contribution in [0, 0.1) is 37.5 Å². The van der Waals surface area contributed by atoms with E-state index in [-0.39, 0.29) is 12.2 Å². The van der Waals surface area contributed by atoms with Crippen molar-refractivity contribution in [2.75, 3.05) is 11.9 Å². The Morgan fingerprint density at radius 2 is 1.89 bits per heavy atom. The Bertz CT molecular complexity index is 975. The number of nitrogens with zero attached hydrogens (tertiary/aromatic N) is 1. The van der Waals surface area contributed by atoms with Crippen molar-refractivity contribution in [3.05, 3.63) is 61.5 Å². The summed E-state index contributed by atoms with van der Waals surface area (Å²) in [4.78, 5) is 12.5. The first-order valence-electron chi connectivity index (χ1n) is 7.91. The molecule has 6 heteroatoms. The van der Waals surface area contributed by atoms with Crippen molar-refractivity contribution in [2.24, 2.45) is 0 Å². The normalized spacial score (nSPS) is 10.7. The molecule has 2 aromatic rings. The Morgan fingerprint density at radius 1 is 1.22 bits per heavy atom. The maximum Gasteiger partial charge on any atom is 0.266 e. The topological polar surface area (TPSA) is 62.1 Å². The summed E-state index contributed by atoms with van der Waals surface area (Å²) in [6.45, 7) is 4.09. The number of hydrogen-bond donors (Lipinski definition) is 1. The Balaban J connectivity index is 2.27. The van der Waals surface area contributed by atoms with E-state index in [4.69, 9.17) is 11.2 Å². The maximum atomic E-state index is 12.5. The zero-order valence-electron chi connectivity index (χ0n) is 14.8. The van der Waals surface area contributed by atoms with Crippen molar-refractivity contribution in [3.8, 4) is 24.2 Å². The molecule has 0 saturated heterocycles. The smallest absolute Gasteiger partial charge is 0.266 e. The number of aryl methyl sites for hydroxylation is 2. The van der Waals surface area contributed by atoms with E-state index in [1.807, 2.05) is 32.0 Å². The molecule has 2 aromatic carbocycles. The van der Waals surface area contributed by atoms with Gasteiger partial charge in [-0.3, -0.25) is 4.79 Å². The van der Waals surface area contributed by atoms with Crippen LogP contribution >= 0.6 is 31.9 Å². The zero-order valence-corrected chi connectivity index (χ0v) is 17.9. The van der Waals surface area contributed by atoms with Crippen molar-refractivity contribution in [1.82, 2.24) is 0 Å². The average Bonchev–Trinajstić information content (AvgIpc) is 2.62. The highest BCUT2D eigenvalue weighted by Gasteiger charge is 2.13. The summed E-state index contributed by atoms with van der Waals surface area (Å²) in [5.74, 6) is 2.49. The fourth-order valence-corrected chi connectivity index (χ4v) is 3.70. The molecule has 0 aliphatic rings. The summed E-state index contributed by atoms with van der Waals surface area (Å²) in [5, 5.41) is 12.1. The minimum Gasteiger partial charge on any atom is -0.479 e. The Labute approximate surface area is 175 Å². The third-order valence-corrected chi connectivity index (χ3v) is 4.94. The number of halogens is 2. The van der Waals surface area contributed by atoms with Gasteiger partial charge in [0.15, 0.2) is 0 Å². The van der Waals surface area contributed by atoms with Gasteiger partial charge in [-0.05, 0) is 92.7 Å². The first-order valence-corrected chi connectivity index (χ1v) is 9.50. The van der Waals surface area contributed by atoms with Crippen LogP contribution in [0.15, 0.2) is 44.9 Å². The average molecular weight is 488 g/mol. The third-order valence-electron chi connectivity index (χ3n) is 3.76. The SMILES string of the molecule is C#CCOc1c(Br)cc(/C=C(\C#N)C(=O)Nc2ccc(C)c(C)c2)cc1Br. The molecule has 27 heavy (non-hydrogen) atoms. The lowest BCUT2D eigenvalue weighted by Gasteiger charge is -2.10. The quantitative estimate of drug-likeness (QED) is 0.349. The van der Waals surface area contributed by atoms with Crippen LogP contribution in [0.25, 0.3) is 6.08 Å². The minimum atomic E-state index is -0.472. The van der Waals surface area contributed by atoms with Gasteiger partial charge in [0.1, 0.15) is 24.0 Å². The first kappa shape index (κ1) is 20.8. The number of benzene rings is 2. The molecule has 0 aliphatic heterocycles. The zero-order chi connectivity index (χ0) is 20.0. The summed E-state index contributed by atoms with van der Waals surface area (Å²) in [6.07, 6.45) is 6.72. The van der Waals surface area contributed by atoms with Gasteiger partial charge in [-0.2, -0.15) is 5.26 Å². The second-order valence-corrected chi connectivity index (χ2v) is 7.44. The number of ether oxygens (including phenoxy) is 1. The molecule has 4 nitrogen and oxygen atoms in total. The fraction of sp³-hybridized carbons (Fsp3) is 0.143. The second-order valence-electron chi connectivity index (χ2n) is 5.73. The lowest BCUT2D eigenvalue weighted by atomic mass is 10.1. The number of amides is 1. The van der Waals surface area contributed by atoms with E-state index < -0.39 is 5.91 Å². The van der Waals surface area contributed by atoms with Crippen molar-refractivity contribution in [1.29, 1.82) is 5.26 Å². The number of nitrogens with one attached hydrogen (secondary N) is 1. The van der Waals surface area contributed by atoms with Crippen LogP contribution in [-0.4, -0.2) is 12.5 Å². The highest BCUT2D eigenvalue weighted by Crippen LogP contribution is 2.35. The largest absolute Gasteiger partial charge is 0.479 e. The molecular weight excluding hydrogens is 472 g/mol. The summed E-state index contributed by atoms with van der Waals surface area (Å²) >= 11 is 6.82. The lowest BCUT2D eigenvalue weighted by molar-refractivity contribution is -0.112. The van der Waals surface area contributed by atoms with Crippen molar-refractivity contribution in [3.63, 3.8) is 0 Å². The second kappa shape index (κ2) is 9.41. The summed E-state index contributed by atoms with van der Waals surface area (Å²) < 4.78 is 6.77. The van der Waals surface area contributed by atoms with E-state index in [0.29, 0.717) is 25.9 Å². The van der Waals surface area contributed by atoms with Crippen molar-refractivity contribution >= 4 is 49.5 Å². The lowest BCUT2D eigenvalue weighted by Crippen LogP contribution is -2.13. The van der Waals surface area contributed by atoms with Gasteiger partial charge in [0, 0.05) is 5.69 Å². The van der Waals surface area contributed by atoms with Crippen LogP contribution in [0.2, 0.25) is 0 Å². The minimum absolute atomic E-state index is 0.00989. The predicted molar refractivity (Wildman–Crippen MR) is 114 cm³/mol. The van der Waals surface area contributed by atoms with E-state index in [1.165, 1.54) is 6.08 Å². The van der Waals surface area contributed by atoms with Gasteiger partial charge >= 0.3 is 0 Å². The molecule has 2 rings (SSSR count).